The molecule has 1 aromatic carbocycles. The smallest absolute Gasteiger partial charge is 0.0720 e. The highest BCUT2D eigenvalue weighted by Crippen LogP contribution is 2.11. The van der Waals surface area contributed by atoms with E-state index in [-0.39, 0.29) is 0 Å². The molecule has 0 saturated heterocycles. The quantitative estimate of drug-likeness (QED) is 0.527. The van der Waals surface area contributed by atoms with Crippen LogP contribution in [-0.4, -0.2) is 23.9 Å². The zero-order chi connectivity index (χ0) is 11.6. The monoisotopic (exact) mass is 350 g/mol. The Morgan fingerprint density at radius 3 is 1.62 bits per heavy atom. The fourth-order valence-corrected chi connectivity index (χ4v) is 1.77. The SMILES string of the molecule is BrCCOCc1ccccc1COCCBr. The molecule has 0 aliphatic rings. The molecule has 0 N–H and O–H groups in total. The lowest BCUT2D eigenvalue weighted by molar-refractivity contribution is 0.122. The first kappa shape index (κ1) is 14.2. The van der Waals surface area contributed by atoms with Crippen molar-refractivity contribution < 1.29 is 9.47 Å². The molecule has 0 heterocycles. The van der Waals surface area contributed by atoms with Crippen molar-refractivity contribution in [3.8, 4) is 0 Å². The first-order chi connectivity index (χ1) is 7.88. The van der Waals surface area contributed by atoms with E-state index < -0.39 is 0 Å². The molecule has 4 heteroatoms. The van der Waals surface area contributed by atoms with E-state index in [1.807, 2.05) is 12.1 Å². The Bertz CT molecular complexity index is 263. The van der Waals surface area contributed by atoms with Gasteiger partial charge >= 0.3 is 0 Å². The summed E-state index contributed by atoms with van der Waals surface area (Å²) in [5, 5.41) is 1.74. The van der Waals surface area contributed by atoms with Crippen molar-refractivity contribution in [3.63, 3.8) is 0 Å². The molecule has 0 aliphatic heterocycles. The van der Waals surface area contributed by atoms with Crippen molar-refractivity contribution in [2.45, 2.75) is 13.2 Å². The molecule has 2 nitrogen and oxygen atoms in total. The Labute approximate surface area is 114 Å². The Morgan fingerprint density at radius 1 is 0.812 bits per heavy atom. The third kappa shape index (κ3) is 5.43. The van der Waals surface area contributed by atoms with E-state index in [1.165, 1.54) is 11.1 Å². The maximum atomic E-state index is 5.50. The van der Waals surface area contributed by atoms with E-state index in [4.69, 9.17) is 9.47 Å². The van der Waals surface area contributed by atoms with Gasteiger partial charge in [0.05, 0.1) is 26.4 Å². The van der Waals surface area contributed by atoms with E-state index in [9.17, 15) is 0 Å². The molecule has 0 unspecified atom stereocenters. The summed E-state index contributed by atoms with van der Waals surface area (Å²) >= 11 is 6.68. The van der Waals surface area contributed by atoms with Gasteiger partial charge in [-0.15, -0.1) is 0 Å². The number of benzene rings is 1. The highest BCUT2D eigenvalue weighted by Gasteiger charge is 2.01. The van der Waals surface area contributed by atoms with Gasteiger partial charge in [-0.3, -0.25) is 0 Å². The second kappa shape index (κ2) is 9.16. The molecular formula is C12H16Br2O2. The molecule has 0 aliphatic carbocycles. The van der Waals surface area contributed by atoms with Crippen molar-refractivity contribution >= 4 is 31.9 Å². The van der Waals surface area contributed by atoms with Crippen LogP contribution in [0.4, 0.5) is 0 Å². The Kier molecular flexibility index (Phi) is 8.11. The van der Waals surface area contributed by atoms with Gasteiger partial charge in [0.15, 0.2) is 0 Å². The standard InChI is InChI=1S/C12H16Br2O2/c13-5-7-15-9-11-3-1-2-4-12(11)10-16-8-6-14/h1-4H,5-10H2. The summed E-state index contributed by atoms with van der Waals surface area (Å²) < 4.78 is 11.0. The maximum absolute atomic E-state index is 5.50. The topological polar surface area (TPSA) is 18.5 Å². The summed E-state index contributed by atoms with van der Waals surface area (Å²) in [5.41, 5.74) is 2.41. The van der Waals surface area contributed by atoms with E-state index in [2.05, 4.69) is 44.0 Å². The predicted octanol–water partition coefficient (Wildman–Crippen LogP) is 3.51. The molecule has 1 aromatic rings. The molecule has 0 saturated carbocycles. The van der Waals surface area contributed by atoms with Crippen LogP contribution in [0.5, 0.6) is 0 Å². The molecule has 16 heavy (non-hydrogen) atoms. The van der Waals surface area contributed by atoms with E-state index in [0.717, 1.165) is 23.9 Å². The van der Waals surface area contributed by atoms with Gasteiger partial charge in [0.1, 0.15) is 0 Å². The van der Waals surface area contributed by atoms with Crippen molar-refractivity contribution in [2.24, 2.45) is 0 Å². The lowest BCUT2D eigenvalue weighted by Crippen LogP contribution is -2.02. The van der Waals surface area contributed by atoms with Crippen molar-refractivity contribution in [2.75, 3.05) is 23.9 Å². The minimum atomic E-state index is 0.652. The molecule has 90 valence electrons. The Morgan fingerprint density at radius 2 is 1.25 bits per heavy atom. The number of hydrogen-bond acceptors (Lipinski definition) is 2. The van der Waals surface area contributed by atoms with Crippen LogP contribution < -0.4 is 0 Å². The van der Waals surface area contributed by atoms with Crippen LogP contribution in [0, 0.1) is 0 Å². The Balaban J connectivity index is 2.46. The molecule has 0 atom stereocenters. The summed E-state index contributed by atoms with van der Waals surface area (Å²) in [5.74, 6) is 0. The van der Waals surface area contributed by atoms with Gasteiger partial charge in [0, 0.05) is 10.7 Å². The van der Waals surface area contributed by atoms with Gasteiger partial charge in [-0.2, -0.15) is 0 Å². The fraction of sp³-hybridized carbons (Fsp3) is 0.500. The van der Waals surface area contributed by atoms with Crippen LogP contribution in [0.25, 0.3) is 0 Å². The van der Waals surface area contributed by atoms with Crippen LogP contribution in [-0.2, 0) is 22.7 Å². The molecule has 1 rings (SSSR count). The molecule has 0 aromatic heterocycles. The van der Waals surface area contributed by atoms with Gasteiger partial charge in [0.2, 0.25) is 0 Å². The zero-order valence-corrected chi connectivity index (χ0v) is 12.3. The third-order valence-electron chi connectivity index (χ3n) is 2.08. The highest BCUT2D eigenvalue weighted by molar-refractivity contribution is 9.09. The van der Waals surface area contributed by atoms with Crippen molar-refractivity contribution in [1.29, 1.82) is 0 Å². The zero-order valence-electron chi connectivity index (χ0n) is 9.12. The van der Waals surface area contributed by atoms with Gasteiger partial charge in [0.25, 0.3) is 0 Å². The van der Waals surface area contributed by atoms with Crippen LogP contribution in [0.2, 0.25) is 0 Å². The highest BCUT2D eigenvalue weighted by atomic mass is 79.9. The van der Waals surface area contributed by atoms with Crippen LogP contribution in [0.15, 0.2) is 24.3 Å². The summed E-state index contributed by atoms with van der Waals surface area (Å²) in [6.45, 7) is 2.77. The summed E-state index contributed by atoms with van der Waals surface area (Å²) in [4.78, 5) is 0. The van der Waals surface area contributed by atoms with Gasteiger partial charge in [-0.25, -0.2) is 0 Å². The van der Waals surface area contributed by atoms with Crippen molar-refractivity contribution in [3.05, 3.63) is 35.4 Å². The molecular weight excluding hydrogens is 336 g/mol. The lowest BCUT2D eigenvalue weighted by Gasteiger charge is -2.09. The number of alkyl halides is 2. The first-order valence-corrected chi connectivity index (χ1v) is 7.47. The lowest BCUT2D eigenvalue weighted by atomic mass is 10.1. The third-order valence-corrected chi connectivity index (χ3v) is 2.72. The second-order valence-electron chi connectivity index (χ2n) is 3.25. The molecule has 0 amide bonds. The molecule has 0 fully saturated rings. The normalized spacial score (nSPS) is 10.6. The van der Waals surface area contributed by atoms with Gasteiger partial charge < -0.3 is 9.47 Å². The van der Waals surface area contributed by atoms with Crippen LogP contribution in [0.3, 0.4) is 0 Å². The summed E-state index contributed by atoms with van der Waals surface area (Å²) in [7, 11) is 0. The number of hydrogen-bond donors (Lipinski definition) is 0. The van der Waals surface area contributed by atoms with E-state index >= 15 is 0 Å². The number of rotatable bonds is 8. The summed E-state index contributed by atoms with van der Waals surface area (Å²) in [6.07, 6.45) is 0. The van der Waals surface area contributed by atoms with Crippen molar-refractivity contribution in [1.82, 2.24) is 0 Å². The first-order valence-electron chi connectivity index (χ1n) is 5.22. The fourth-order valence-electron chi connectivity index (χ4n) is 1.31. The maximum Gasteiger partial charge on any atom is 0.0720 e. The second-order valence-corrected chi connectivity index (χ2v) is 4.84. The molecule has 0 radical (unpaired) electrons. The molecule has 0 bridgehead atoms. The average molecular weight is 352 g/mol. The average Bonchev–Trinajstić information content (AvgIpc) is 2.32. The number of halogens is 2. The van der Waals surface area contributed by atoms with Crippen LogP contribution in [0.1, 0.15) is 11.1 Å². The summed E-state index contributed by atoms with van der Waals surface area (Å²) in [6, 6.07) is 8.23. The minimum absolute atomic E-state index is 0.652. The largest absolute Gasteiger partial charge is 0.376 e. The Hall–Kier alpha value is 0.100. The minimum Gasteiger partial charge on any atom is -0.376 e. The molecule has 0 spiro atoms. The predicted molar refractivity (Wildman–Crippen MR) is 73.3 cm³/mol. The van der Waals surface area contributed by atoms with Gasteiger partial charge in [-0.1, -0.05) is 56.1 Å². The van der Waals surface area contributed by atoms with Gasteiger partial charge in [-0.05, 0) is 11.1 Å². The van der Waals surface area contributed by atoms with E-state index in [0.29, 0.717) is 13.2 Å². The van der Waals surface area contributed by atoms with Crippen LogP contribution >= 0.6 is 31.9 Å². The van der Waals surface area contributed by atoms with E-state index in [1.54, 1.807) is 0 Å². The number of ether oxygens (including phenoxy) is 2.